The highest BCUT2D eigenvalue weighted by molar-refractivity contribution is 6.30. The van der Waals surface area contributed by atoms with Crippen LogP contribution in [-0.2, 0) is 11.3 Å². The monoisotopic (exact) mass is 411 g/mol. The van der Waals surface area contributed by atoms with E-state index in [9.17, 15) is 18.7 Å². The summed E-state index contributed by atoms with van der Waals surface area (Å²) >= 11 is 5.98. The smallest absolute Gasteiger partial charge is 0.290 e. The third-order valence-corrected chi connectivity index (χ3v) is 5.20. The average molecular weight is 412 g/mol. The van der Waals surface area contributed by atoms with Gasteiger partial charge in [0, 0.05) is 12.1 Å². The summed E-state index contributed by atoms with van der Waals surface area (Å²) < 4.78 is 27.1. The summed E-state index contributed by atoms with van der Waals surface area (Å²) in [4.78, 5) is 14.4. The molecule has 0 saturated carbocycles. The average Bonchev–Trinajstić information content (AvgIpc) is 2.96. The van der Waals surface area contributed by atoms with Gasteiger partial charge >= 0.3 is 0 Å². The van der Waals surface area contributed by atoms with E-state index in [1.807, 2.05) is 30.3 Å². The van der Waals surface area contributed by atoms with Crippen LogP contribution in [0.25, 0.3) is 5.57 Å². The van der Waals surface area contributed by atoms with Crippen LogP contribution in [0.5, 0.6) is 0 Å². The number of hydrogen-bond acceptors (Lipinski definition) is 2. The summed E-state index contributed by atoms with van der Waals surface area (Å²) in [5.41, 5.74) is 2.24. The molecule has 6 heteroatoms. The van der Waals surface area contributed by atoms with Gasteiger partial charge in [0.25, 0.3) is 5.91 Å². The number of benzene rings is 3. The Bertz CT molecular complexity index is 1100. The summed E-state index contributed by atoms with van der Waals surface area (Å²) in [6.07, 6.45) is 0. The number of aliphatic hydroxyl groups excluding tert-OH is 1. The van der Waals surface area contributed by atoms with Gasteiger partial charge < -0.3 is 10.0 Å². The Labute approximate surface area is 171 Å². The van der Waals surface area contributed by atoms with Crippen LogP contribution >= 0.6 is 11.6 Å². The van der Waals surface area contributed by atoms with Gasteiger partial charge in [0.15, 0.2) is 5.76 Å². The van der Waals surface area contributed by atoms with Crippen LogP contribution in [0.4, 0.5) is 8.78 Å². The van der Waals surface area contributed by atoms with Crippen LogP contribution in [0.1, 0.15) is 22.7 Å². The van der Waals surface area contributed by atoms with Crippen LogP contribution in [0.3, 0.4) is 0 Å². The van der Waals surface area contributed by atoms with Gasteiger partial charge in [-0.25, -0.2) is 8.78 Å². The molecule has 4 rings (SSSR count). The predicted octanol–water partition coefficient (Wildman–Crippen LogP) is 5.67. The van der Waals surface area contributed by atoms with E-state index in [1.54, 1.807) is 0 Å². The molecule has 1 aliphatic rings. The van der Waals surface area contributed by atoms with E-state index in [1.165, 1.54) is 47.4 Å². The maximum atomic E-state index is 13.7. The number of hydrogen-bond donors (Lipinski definition) is 1. The first kappa shape index (κ1) is 19.2. The molecular formula is C23H16ClF2NO2. The second-order valence-electron chi connectivity index (χ2n) is 6.76. The second kappa shape index (κ2) is 7.68. The lowest BCUT2D eigenvalue weighted by Crippen LogP contribution is -2.29. The number of carbonyl (C=O) groups is 1. The lowest BCUT2D eigenvalue weighted by molar-refractivity contribution is -0.130. The first-order valence-corrected chi connectivity index (χ1v) is 9.32. The van der Waals surface area contributed by atoms with Crippen LogP contribution < -0.4 is 0 Å². The number of carbonyl (C=O) groups excluding carboxylic acids is 1. The Morgan fingerprint density at radius 2 is 1.66 bits per heavy atom. The van der Waals surface area contributed by atoms with Gasteiger partial charge in [0.1, 0.15) is 11.6 Å². The van der Waals surface area contributed by atoms with Crippen molar-refractivity contribution >= 4 is 23.1 Å². The van der Waals surface area contributed by atoms with E-state index >= 15 is 0 Å². The van der Waals surface area contributed by atoms with E-state index < -0.39 is 29.3 Å². The molecule has 3 aromatic carbocycles. The van der Waals surface area contributed by atoms with Gasteiger partial charge in [-0.05, 0) is 41.0 Å². The van der Waals surface area contributed by atoms with E-state index in [0.717, 1.165) is 5.56 Å². The topological polar surface area (TPSA) is 40.5 Å². The predicted molar refractivity (Wildman–Crippen MR) is 107 cm³/mol. The van der Waals surface area contributed by atoms with Crippen molar-refractivity contribution in [3.05, 3.63) is 112 Å². The number of halogens is 3. The largest absolute Gasteiger partial charge is 0.503 e. The Kier molecular flexibility index (Phi) is 5.07. The van der Waals surface area contributed by atoms with Crippen molar-refractivity contribution in [2.24, 2.45) is 0 Å². The van der Waals surface area contributed by atoms with Crippen molar-refractivity contribution in [2.75, 3.05) is 0 Å². The van der Waals surface area contributed by atoms with Crippen molar-refractivity contribution in [1.82, 2.24) is 4.90 Å². The normalized spacial score (nSPS) is 16.6. The molecule has 1 heterocycles. The maximum absolute atomic E-state index is 13.7. The van der Waals surface area contributed by atoms with Gasteiger partial charge in [0.2, 0.25) is 0 Å². The minimum atomic E-state index is -0.703. The number of rotatable bonds is 4. The second-order valence-corrected chi connectivity index (χ2v) is 7.17. The van der Waals surface area contributed by atoms with E-state index in [0.29, 0.717) is 16.7 Å². The van der Waals surface area contributed by atoms with Crippen LogP contribution in [-0.4, -0.2) is 15.9 Å². The fourth-order valence-electron chi connectivity index (χ4n) is 3.55. The molecule has 1 atom stereocenters. The lowest BCUT2D eigenvalue weighted by Gasteiger charge is -2.27. The van der Waals surface area contributed by atoms with Crippen molar-refractivity contribution in [1.29, 1.82) is 0 Å². The van der Waals surface area contributed by atoms with Crippen molar-refractivity contribution in [3.63, 3.8) is 0 Å². The van der Waals surface area contributed by atoms with E-state index in [-0.39, 0.29) is 11.6 Å². The molecule has 0 aromatic heterocycles. The Balaban J connectivity index is 1.84. The van der Waals surface area contributed by atoms with Gasteiger partial charge in [0.05, 0.1) is 11.1 Å². The van der Waals surface area contributed by atoms with Crippen molar-refractivity contribution in [2.45, 2.75) is 12.6 Å². The standard InChI is InChI=1S/C23H16ClF2NO2/c24-18-12-16(8-11-19(18)26)21-20(15-6-9-17(25)10-7-15)22(28)23(29)27(21)13-14-4-2-1-3-5-14/h1-12,21,28H,13H2/t21-/m0/s1. The fraction of sp³-hybridized carbons (Fsp3) is 0.0870. The SMILES string of the molecule is O=C1C(O)=C(c2ccc(F)cc2)[C@H](c2ccc(F)c(Cl)c2)N1Cc1ccccc1. The van der Waals surface area contributed by atoms with Crippen LogP contribution in [0.15, 0.2) is 78.6 Å². The molecule has 0 fully saturated rings. The molecule has 3 aromatic rings. The van der Waals surface area contributed by atoms with Crippen LogP contribution in [0.2, 0.25) is 5.02 Å². The molecule has 0 unspecified atom stereocenters. The molecule has 1 amide bonds. The fourth-order valence-corrected chi connectivity index (χ4v) is 3.74. The molecule has 0 radical (unpaired) electrons. The first-order chi connectivity index (χ1) is 14.0. The Morgan fingerprint density at radius 1 is 0.966 bits per heavy atom. The number of nitrogens with zero attached hydrogens (tertiary/aromatic N) is 1. The quantitative estimate of drug-likeness (QED) is 0.600. The van der Waals surface area contributed by atoms with Gasteiger partial charge in [-0.15, -0.1) is 0 Å². The molecule has 1 aliphatic heterocycles. The van der Waals surface area contributed by atoms with E-state index in [2.05, 4.69) is 0 Å². The molecule has 3 nitrogen and oxygen atoms in total. The third-order valence-electron chi connectivity index (χ3n) is 4.91. The summed E-state index contributed by atoms with van der Waals surface area (Å²) in [5, 5.41) is 10.6. The lowest BCUT2D eigenvalue weighted by atomic mass is 9.93. The number of aliphatic hydroxyl groups is 1. The summed E-state index contributed by atoms with van der Waals surface area (Å²) in [7, 11) is 0. The van der Waals surface area contributed by atoms with Gasteiger partial charge in [-0.3, -0.25) is 4.79 Å². The summed E-state index contributed by atoms with van der Waals surface area (Å²) in [5.74, 6) is -1.98. The maximum Gasteiger partial charge on any atom is 0.290 e. The third kappa shape index (κ3) is 3.61. The molecule has 0 saturated heterocycles. The number of amides is 1. The van der Waals surface area contributed by atoms with Crippen molar-refractivity contribution in [3.8, 4) is 0 Å². The van der Waals surface area contributed by atoms with Gasteiger partial charge in [-0.1, -0.05) is 60.1 Å². The van der Waals surface area contributed by atoms with Gasteiger partial charge in [-0.2, -0.15) is 0 Å². The highest BCUT2D eigenvalue weighted by Crippen LogP contribution is 2.44. The Morgan fingerprint density at radius 3 is 2.31 bits per heavy atom. The van der Waals surface area contributed by atoms with Crippen molar-refractivity contribution < 1.29 is 18.7 Å². The minimum Gasteiger partial charge on any atom is -0.503 e. The zero-order chi connectivity index (χ0) is 20.5. The van der Waals surface area contributed by atoms with Crippen LogP contribution in [0, 0.1) is 11.6 Å². The summed E-state index contributed by atoms with van der Waals surface area (Å²) in [6, 6.07) is 18.3. The molecular weight excluding hydrogens is 396 g/mol. The molecule has 146 valence electrons. The first-order valence-electron chi connectivity index (χ1n) is 8.94. The molecule has 0 bridgehead atoms. The Hall–Kier alpha value is -3.18. The van der Waals surface area contributed by atoms with E-state index in [4.69, 9.17) is 11.6 Å². The minimum absolute atomic E-state index is 0.0838. The molecule has 0 aliphatic carbocycles. The molecule has 0 spiro atoms. The zero-order valence-corrected chi connectivity index (χ0v) is 15.9. The highest BCUT2D eigenvalue weighted by atomic mass is 35.5. The summed E-state index contributed by atoms with van der Waals surface area (Å²) in [6.45, 7) is 0.230. The molecule has 1 N–H and O–H groups in total. The highest BCUT2D eigenvalue weighted by Gasteiger charge is 2.41. The molecule has 29 heavy (non-hydrogen) atoms. The zero-order valence-electron chi connectivity index (χ0n) is 15.1.